The summed E-state index contributed by atoms with van der Waals surface area (Å²) in [5.74, 6) is -1.42. The largest absolute Gasteiger partial charge is 0.444 e. The van der Waals surface area contributed by atoms with Crippen molar-refractivity contribution in [3.05, 3.63) is 64.7 Å². The molecule has 2 rings (SSSR count). The molecule has 230 valence electrons. The monoisotopic (exact) mass is 580 g/mol. The van der Waals surface area contributed by atoms with Gasteiger partial charge in [0.2, 0.25) is 11.8 Å². The van der Waals surface area contributed by atoms with Gasteiger partial charge in [-0.2, -0.15) is 0 Å². The summed E-state index contributed by atoms with van der Waals surface area (Å²) in [4.78, 5) is 55.1. The quantitative estimate of drug-likeness (QED) is 0.296. The molecule has 0 spiro atoms. The van der Waals surface area contributed by atoms with Crippen LogP contribution < -0.4 is 16.4 Å². The van der Waals surface area contributed by atoms with Crippen molar-refractivity contribution < 1.29 is 23.9 Å². The molecule has 2 aromatic carbocycles. The normalized spacial score (nSPS) is 13.6. The SMILES string of the molecule is Cc1ccc(C(C(=O)Nc2ccccc2C)N(C(=O)C(CC(N)=O)NC(=O)OC(C)(C)C)C(C)CCC(C)C)c(C)c1. The molecule has 9 heteroatoms. The van der Waals surface area contributed by atoms with E-state index in [1.807, 2.05) is 64.1 Å². The van der Waals surface area contributed by atoms with Crippen molar-refractivity contribution in [3.63, 3.8) is 0 Å². The molecular formula is C33H48N4O5. The fourth-order valence-electron chi connectivity index (χ4n) is 4.81. The van der Waals surface area contributed by atoms with E-state index in [2.05, 4.69) is 24.5 Å². The van der Waals surface area contributed by atoms with Gasteiger partial charge in [0.25, 0.3) is 5.91 Å². The maximum atomic E-state index is 14.5. The predicted molar refractivity (Wildman–Crippen MR) is 166 cm³/mol. The van der Waals surface area contributed by atoms with E-state index in [1.165, 1.54) is 4.90 Å². The first-order chi connectivity index (χ1) is 19.5. The summed E-state index contributed by atoms with van der Waals surface area (Å²) in [7, 11) is 0. The van der Waals surface area contributed by atoms with Crippen molar-refractivity contribution in [3.8, 4) is 0 Å². The van der Waals surface area contributed by atoms with E-state index in [0.717, 1.165) is 23.1 Å². The molecule has 0 saturated carbocycles. The third-order valence-corrected chi connectivity index (χ3v) is 6.93. The number of anilines is 1. The van der Waals surface area contributed by atoms with E-state index in [9.17, 15) is 19.2 Å². The number of hydrogen-bond donors (Lipinski definition) is 3. The van der Waals surface area contributed by atoms with Crippen molar-refractivity contribution in [2.75, 3.05) is 5.32 Å². The zero-order chi connectivity index (χ0) is 31.8. The summed E-state index contributed by atoms with van der Waals surface area (Å²) in [5, 5.41) is 5.57. The van der Waals surface area contributed by atoms with Crippen LogP contribution in [0.2, 0.25) is 0 Å². The van der Waals surface area contributed by atoms with Crippen LogP contribution in [0.1, 0.15) is 89.1 Å². The summed E-state index contributed by atoms with van der Waals surface area (Å²) in [6, 6.07) is 10.3. The number of hydrogen-bond acceptors (Lipinski definition) is 5. The number of carbonyl (C=O) groups excluding carboxylic acids is 4. The Kier molecular flexibility index (Phi) is 12.1. The van der Waals surface area contributed by atoms with Gasteiger partial charge in [-0.3, -0.25) is 14.4 Å². The second kappa shape index (κ2) is 14.8. The molecular weight excluding hydrogens is 532 g/mol. The average molecular weight is 581 g/mol. The second-order valence-corrected chi connectivity index (χ2v) is 12.5. The van der Waals surface area contributed by atoms with E-state index < -0.39 is 54.0 Å². The highest BCUT2D eigenvalue weighted by atomic mass is 16.6. The molecule has 0 heterocycles. The van der Waals surface area contributed by atoms with Gasteiger partial charge in [-0.15, -0.1) is 0 Å². The second-order valence-electron chi connectivity index (χ2n) is 12.5. The fraction of sp³-hybridized carbons (Fsp3) is 0.515. The molecule has 0 aliphatic carbocycles. The first kappa shape index (κ1) is 34.3. The third kappa shape index (κ3) is 10.2. The van der Waals surface area contributed by atoms with Crippen molar-refractivity contribution in [2.45, 2.75) is 105 Å². The minimum Gasteiger partial charge on any atom is -0.444 e. The fourth-order valence-corrected chi connectivity index (χ4v) is 4.81. The van der Waals surface area contributed by atoms with Crippen LogP contribution in [-0.2, 0) is 19.1 Å². The molecule has 42 heavy (non-hydrogen) atoms. The zero-order valence-electron chi connectivity index (χ0n) is 26.5. The van der Waals surface area contributed by atoms with Gasteiger partial charge in [-0.05, 0) is 90.0 Å². The molecule has 0 bridgehead atoms. The molecule has 0 aliphatic heterocycles. The Hall–Kier alpha value is -3.88. The number of rotatable bonds is 12. The van der Waals surface area contributed by atoms with Crippen molar-refractivity contribution >= 4 is 29.5 Å². The number of nitrogens with zero attached hydrogens (tertiary/aromatic N) is 1. The lowest BCUT2D eigenvalue weighted by Gasteiger charge is -2.39. The maximum absolute atomic E-state index is 14.5. The highest BCUT2D eigenvalue weighted by Gasteiger charge is 2.40. The Morgan fingerprint density at radius 2 is 1.57 bits per heavy atom. The molecule has 0 aliphatic rings. The number of benzene rings is 2. The minimum absolute atomic E-state index is 0.353. The number of amides is 4. The number of para-hydroxylation sites is 1. The number of carbonyl (C=O) groups is 4. The van der Waals surface area contributed by atoms with Crippen molar-refractivity contribution in [1.29, 1.82) is 0 Å². The van der Waals surface area contributed by atoms with Gasteiger partial charge in [0.15, 0.2) is 0 Å². The van der Waals surface area contributed by atoms with Gasteiger partial charge in [0, 0.05) is 11.7 Å². The first-order valence-corrected chi connectivity index (χ1v) is 14.5. The third-order valence-electron chi connectivity index (χ3n) is 6.93. The number of alkyl carbamates (subject to hydrolysis) is 1. The smallest absolute Gasteiger partial charge is 0.408 e. The highest BCUT2D eigenvalue weighted by Crippen LogP contribution is 2.31. The topological polar surface area (TPSA) is 131 Å². The van der Waals surface area contributed by atoms with Crippen LogP contribution >= 0.6 is 0 Å². The van der Waals surface area contributed by atoms with E-state index in [4.69, 9.17) is 10.5 Å². The number of nitrogens with one attached hydrogen (secondary N) is 2. The van der Waals surface area contributed by atoms with E-state index in [1.54, 1.807) is 26.8 Å². The highest BCUT2D eigenvalue weighted by molar-refractivity contribution is 6.00. The Balaban J connectivity index is 2.70. The first-order valence-electron chi connectivity index (χ1n) is 14.5. The molecule has 0 aromatic heterocycles. The minimum atomic E-state index is -1.33. The molecule has 4 amide bonds. The summed E-state index contributed by atoms with van der Waals surface area (Å²) >= 11 is 0. The number of ether oxygens (including phenoxy) is 1. The van der Waals surface area contributed by atoms with Crippen LogP contribution in [-0.4, -0.2) is 46.4 Å². The lowest BCUT2D eigenvalue weighted by atomic mass is 9.93. The Morgan fingerprint density at radius 3 is 2.12 bits per heavy atom. The lowest BCUT2D eigenvalue weighted by molar-refractivity contribution is -0.144. The summed E-state index contributed by atoms with van der Waals surface area (Å²) < 4.78 is 5.38. The van der Waals surface area contributed by atoms with E-state index >= 15 is 0 Å². The molecule has 0 fully saturated rings. The van der Waals surface area contributed by atoms with Crippen LogP contribution in [0.15, 0.2) is 42.5 Å². The summed E-state index contributed by atoms with van der Waals surface area (Å²) in [6.45, 7) is 16.9. The molecule has 0 saturated heterocycles. The van der Waals surface area contributed by atoms with Crippen LogP contribution in [0.5, 0.6) is 0 Å². The van der Waals surface area contributed by atoms with Gasteiger partial charge < -0.3 is 26.0 Å². The molecule has 9 nitrogen and oxygen atoms in total. The van der Waals surface area contributed by atoms with Gasteiger partial charge in [-0.1, -0.05) is 55.8 Å². The molecule has 3 unspecified atom stereocenters. The predicted octanol–water partition coefficient (Wildman–Crippen LogP) is 5.71. The summed E-state index contributed by atoms with van der Waals surface area (Å²) in [6.07, 6.45) is 0.0800. The lowest BCUT2D eigenvalue weighted by Crippen LogP contribution is -2.56. The number of aryl methyl sites for hydroxylation is 3. The van der Waals surface area contributed by atoms with Crippen molar-refractivity contribution in [1.82, 2.24) is 10.2 Å². The number of nitrogens with two attached hydrogens (primary N) is 1. The number of primary amides is 1. The summed E-state index contributed by atoms with van der Waals surface area (Å²) in [5.41, 5.74) is 8.69. The maximum Gasteiger partial charge on any atom is 0.408 e. The van der Waals surface area contributed by atoms with Gasteiger partial charge in [0.05, 0.1) is 6.42 Å². The Labute approximate surface area is 250 Å². The van der Waals surface area contributed by atoms with Crippen LogP contribution in [0.3, 0.4) is 0 Å². The van der Waals surface area contributed by atoms with Crippen LogP contribution in [0.4, 0.5) is 10.5 Å². The van der Waals surface area contributed by atoms with Crippen molar-refractivity contribution in [2.24, 2.45) is 11.7 Å². The average Bonchev–Trinajstić information content (AvgIpc) is 2.85. The van der Waals surface area contributed by atoms with E-state index in [-0.39, 0.29) is 0 Å². The van der Waals surface area contributed by atoms with Gasteiger partial charge >= 0.3 is 6.09 Å². The standard InChI is InChI=1S/C33H48N4O5/c1-20(2)14-16-24(6)37(31(40)27(19-28(34)38)36-32(41)42-33(7,8)9)29(25-17-15-21(3)18-23(25)5)30(39)35-26-13-11-10-12-22(26)4/h10-13,15,17-18,20,24,27,29H,14,16,19H2,1-9H3,(H2,34,38)(H,35,39)(H,36,41). The van der Waals surface area contributed by atoms with E-state index in [0.29, 0.717) is 23.6 Å². The van der Waals surface area contributed by atoms with Crippen LogP contribution in [0.25, 0.3) is 0 Å². The van der Waals surface area contributed by atoms with Crippen LogP contribution in [0, 0.1) is 26.7 Å². The van der Waals surface area contributed by atoms with Gasteiger partial charge in [0.1, 0.15) is 17.7 Å². The van der Waals surface area contributed by atoms with Gasteiger partial charge in [-0.25, -0.2) is 4.79 Å². The molecule has 4 N–H and O–H groups in total. The molecule has 0 radical (unpaired) electrons. The zero-order valence-corrected chi connectivity index (χ0v) is 26.5. The molecule has 2 aromatic rings. The Morgan fingerprint density at radius 1 is 0.929 bits per heavy atom. The Bertz CT molecular complexity index is 1270. The molecule has 3 atom stereocenters.